The molecule has 0 atom stereocenters. The highest BCUT2D eigenvalue weighted by atomic mass is 16.4. The Hall–Kier alpha value is -3.08. The van der Waals surface area contributed by atoms with Gasteiger partial charge in [-0.25, -0.2) is 4.79 Å². The first-order valence-corrected chi connectivity index (χ1v) is 8.21. The third-order valence-corrected chi connectivity index (χ3v) is 3.85. The van der Waals surface area contributed by atoms with Crippen LogP contribution in [0.1, 0.15) is 29.8 Å². The Bertz CT molecular complexity index is 748. The number of hydrogen-bond acceptors (Lipinski definition) is 3. The summed E-state index contributed by atoms with van der Waals surface area (Å²) in [4.78, 5) is 25.8. The van der Waals surface area contributed by atoms with E-state index in [1.165, 1.54) is 6.08 Å². The van der Waals surface area contributed by atoms with E-state index in [2.05, 4.69) is 24.1 Å². The first-order valence-electron chi connectivity index (χ1n) is 8.21. The summed E-state index contributed by atoms with van der Waals surface area (Å²) in [7, 11) is 0. The first-order chi connectivity index (χ1) is 12.0. The number of nitrogens with zero attached hydrogens (tertiary/aromatic N) is 1. The van der Waals surface area contributed by atoms with Crippen molar-refractivity contribution >= 4 is 23.6 Å². The van der Waals surface area contributed by atoms with E-state index in [1.54, 1.807) is 30.3 Å². The minimum Gasteiger partial charge on any atom is -0.477 e. The molecule has 130 valence electrons. The molecule has 0 heterocycles. The van der Waals surface area contributed by atoms with Crippen molar-refractivity contribution in [2.24, 2.45) is 0 Å². The normalized spacial score (nSPS) is 11.0. The third kappa shape index (κ3) is 4.94. The molecule has 2 N–H and O–H groups in total. The number of carboxylic acid groups (broad SMARTS) is 1. The van der Waals surface area contributed by atoms with Gasteiger partial charge in [0.25, 0.3) is 5.91 Å². The minimum atomic E-state index is -1.18. The second-order valence-corrected chi connectivity index (χ2v) is 5.45. The van der Waals surface area contributed by atoms with Crippen molar-refractivity contribution in [3.8, 4) is 0 Å². The Labute approximate surface area is 147 Å². The lowest BCUT2D eigenvalue weighted by Gasteiger charge is -2.20. The summed E-state index contributed by atoms with van der Waals surface area (Å²) >= 11 is 0. The first kappa shape index (κ1) is 18.3. The van der Waals surface area contributed by atoms with Gasteiger partial charge in [-0.1, -0.05) is 30.3 Å². The van der Waals surface area contributed by atoms with Crippen LogP contribution in [0.4, 0.5) is 5.69 Å². The van der Waals surface area contributed by atoms with Gasteiger partial charge in [0.05, 0.1) is 0 Å². The van der Waals surface area contributed by atoms with Gasteiger partial charge in [0.1, 0.15) is 5.70 Å². The van der Waals surface area contributed by atoms with E-state index in [1.807, 2.05) is 24.3 Å². The van der Waals surface area contributed by atoms with E-state index in [9.17, 15) is 14.7 Å². The van der Waals surface area contributed by atoms with Gasteiger partial charge in [0.2, 0.25) is 0 Å². The van der Waals surface area contributed by atoms with E-state index in [0.29, 0.717) is 11.1 Å². The molecule has 0 bridgehead atoms. The second kappa shape index (κ2) is 8.68. The van der Waals surface area contributed by atoms with Gasteiger partial charge in [-0.2, -0.15) is 0 Å². The highest BCUT2D eigenvalue weighted by Crippen LogP contribution is 2.16. The quantitative estimate of drug-likeness (QED) is 0.759. The summed E-state index contributed by atoms with van der Waals surface area (Å²) in [6, 6.07) is 16.1. The number of hydrogen-bond donors (Lipinski definition) is 2. The van der Waals surface area contributed by atoms with Gasteiger partial charge >= 0.3 is 5.97 Å². The summed E-state index contributed by atoms with van der Waals surface area (Å²) < 4.78 is 0. The molecule has 0 spiro atoms. The molecular weight excluding hydrogens is 316 g/mol. The molecule has 0 aliphatic heterocycles. The van der Waals surface area contributed by atoms with Crippen LogP contribution in [-0.4, -0.2) is 30.1 Å². The number of anilines is 1. The standard InChI is InChI=1S/C20H22N2O3/c1-3-22(4-2)17-12-10-15(11-13-17)14-18(20(24)25)21-19(23)16-8-6-5-7-9-16/h5-14H,3-4H2,1-2H3,(H,21,23)(H,24,25). The monoisotopic (exact) mass is 338 g/mol. The molecule has 0 aliphatic rings. The fourth-order valence-corrected chi connectivity index (χ4v) is 2.47. The topological polar surface area (TPSA) is 69.6 Å². The maximum absolute atomic E-state index is 12.1. The zero-order valence-corrected chi connectivity index (χ0v) is 14.4. The van der Waals surface area contributed by atoms with Crippen LogP contribution in [0.25, 0.3) is 6.08 Å². The number of carbonyl (C=O) groups excluding carboxylic acids is 1. The third-order valence-electron chi connectivity index (χ3n) is 3.85. The molecule has 1 amide bonds. The van der Waals surface area contributed by atoms with Crippen molar-refractivity contribution in [2.75, 3.05) is 18.0 Å². The largest absolute Gasteiger partial charge is 0.477 e. The molecule has 0 unspecified atom stereocenters. The Morgan fingerprint density at radius 3 is 2.12 bits per heavy atom. The van der Waals surface area contributed by atoms with Crippen LogP contribution in [0.2, 0.25) is 0 Å². The zero-order valence-electron chi connectivity index (χ0n) is 14.4. The summed E-state index contributed by atoms with van der Waals surface area (Å²) in [5.74, 6) is -1.63. The fraction of sp³-hybridized carbons (Fsp3) is 0.200. The number of benzene rings is 2. The average Bonchev–Trinajstić information content (AvgIpc) is 2.64. The smallest absolute Gasteiger partial charge is 0.352 e. The van der Waals surface area contributed by atoms with E-state index < -0.39 is 11.9 Å². The molecule has 25 heavy (non-hydrogen) atoms. The van der Waals surface area contributed by atoms with Gasteiger partial charge in [-0.3, -0.25) is 4.79 Å². The van der Waals surface area contributed by atoms with Crippen LogP contribution >= 0.6 is 0 Å². The Balaban J connectivity index is 2.19. The van der Waals surface area contributed by atoms with Crippen molar-refractivity contribution in [2.45, 2.75) is 13.8 Å². The summed E-state index contributed by atoms with van der Waals surface area (Å²) in [6.07, 6.45) is 1.45. The van der Waals surface area contributed by atoms with Crippen LogP contribution in [0.3, 0.4) is 0 Å². The lowest BCUT2D eigenvalue weighted by molar-refractivity contribution is -0.132. The maximum Gasteiger partial charge on any atom is 0.352 e. The summed E-state index contributed by atoms with van der Waals surface area (Å²) in [6.45, 7) is 5.97. The molecule has 0 saturated carbocycles. The van der Waals surface area contributed by atoms with Gasteiger partial charge < -0.3 is 15.3 Å². The van der Waals surface area contributed by atoms with Gasteiger partial charge in [0, 0.05) is 24.3 Å². The van der Waals surface area contributed by atoms with Crippen LogP contribution in [0.15, 0.2) is 60.3 Å². The van der Waals surface area contributed by atoms with Gasteiger partial charge in [0.15, 0.2) is 0 Å². The lowest BCUT2D eigenvalue weighted by Crippen LogP contribution is -2.27. The number of carboxylic acids is 1. The minimum absolute atomic E-state index is 0.163. The van der Waals surface area contributed by atoms with Crippen LogP contribution in [-0.2, 0) is 4.79 Å². The van der Waals surface area contributed by atoms with Crippen LogP contribution < -0.4 is 10.2 Å². The highest BCUT2D eigenvalue weighted by Gasteiger charge is 2.13. The highest BCUT2D eigenvalue weighted by molar-refractivity contribution is 6.02. The summed E-state index contributed by atoms with van der Waals surface area (Å²) in [5.41, 5.74) is 2.03. The molecule has 0 fully saturated rings. The Morgan fingerprint density at radius 1 is 1.00 bits per heavy atom. The fourth-order valence-electron chi connectivity index (χ4n) is 2.47. The maximum atomic E-state index is 12.1. The molecule has 5 heteroatoms. The molecule has 0 saturated heterocycles. The molecule has 5 nitrogen and oxygen atoms in total. The van der Waals surface area contributed by atoms with E-state index in [0.717, 1.165) is 18.8 Å². The van der Waals surface area contributed by atoms with Crippen molar-refractivity contribution < 1.29 is 14.7 Å². The lowest BCUT2D eigenvalue weighted by atomic mass is 10.1. The van der Waals surface area contributed by atoms with Crippen LogP contribution in [0, 0.1) is 0 Å². The SMILES string of the molecule is CCN(CC)c1ccc(C=C(NC(=O)c2ccccc2)C(=O)O)cc1. The number of rotatable bonds is 7. The van der Waals surface area contributed by atoms with Gasteiger partial charge in [-0.15, -0.1) is 0 Å². The van der Waals surface area contributed by atoms with Crippen molar-refractivity contribution in [1.29, 1.82) is 0 Å². The van der Waals surface area contributed by atoms with Gasteiger partial charge in [-0.05, 0) is 49.8 Å². The number of carbonyl (C=O) groups is 2. The molecular formula is C20H22N2O3. The molecule has 0 aliphatic carbocycles. The van der Waals surface area contributed by atoms with E-state index >= 15 is 0 Å². The van der Waals surface area contributed by atoms with E-state index in [-0.39, 0.29) is 5.70 Å². The number of aliphatic carboxylic acids is 1. The van der Waals surface area contributed by atoms with Crippen LogP contribution in [0.5, 0.6) is 0 Å². The predicted octanol–water partition coefficient (Wildman–Crippen LogP) is 3.39. The van der Waals surface area contributed by atoms with E-state index in [4.69, 9.17) is 0 Å². The van der Waals surface area contributed by atoms with Crippen molar-refractivity contribution in [3.63, 3.8) is 0 Å². The van der Waals surface area contributed by atoms with Crippen molar-refractivity contribution in [3.05, 3.63) is 71.4 Å². The number of amides is 1. The predicted molar refractivity (Wildman–Crippen MR) is 99.5 cm³/mol. The molecule has 2 rings (SSSR count). The zero-order chi connectivity index (χ0) is 18.2. The Kier molecular flexibility index (Phi) is 6.34. The second-order valence-electron chi connectivity index (χ2n) is 5.45. The molecule has 2 aromatic carbocycles. The molecule has 2 aromatic rings. The molecule has 0 aromatic heterocycles. The molecule has 0 radical (unpaired) electrons. The summed E-state index contributed by atoms with van der Waals surface area (Å²) in [5, 5.41) is 11.8. The number of nitrogens with one attached hydrogen (secondary N) is 1. The average molecular weight is 338 g/mol. The Morgan fingerprint density at radius 2 is 1.60 bits per heavy atom. The van der Waals surface area contributed by atoms with Crippen molar-refractivity contribution in [1.82, 2.24) is 5.32 Å².